The van der Waals surface area contributed by atoms with Crippen LogP contribution in [0.3, 0.4) is 0 Å². The van der Waals surface area contributed by atoms with Crippen molar-refractivity contribution in [2.75, 3.05) is 4.90 Å². The number of aromatic nitrogens is 1. The van der Waals surface area contributed by atoms with E-state index in [9.17, 15) is 0 Å². The van der Waals surface area contributed by atoms with Crippen molar-refractivity contribution in [3.8, 4) is 33.4 Å². The summed E-state index contributed by atoms with van der Waals surface area (Å²) in [6.45, 7) is 0. The Morgan fingerprint density at radius 1 is 0.321 bits per heavy atom. The molecule has 0 spiro atoms. The maximum atomic E-state index is 2.41. The van der Waals surface area contributed by atoms with Gasteiger partial charge in [0.2, 0.25) is 0 Å². The lowest BCUT2D eigenvalue weighted by atomic mass is 9.97. The van der Waals surface area contributed by atoms with Crippen molar-refractivity contribution in [3.05, 3.63) is 219 Å². The zero-order valence-corrected chi connectivity index (χ0v) is 30.7. The predicted molar refractivity (Wildman–Crippen MR) is 238 cm³/mol. The van der Waals surface area contributed by atoms with Gasteiger partial charge in [-0.05, 0) is 97.2 Å². The van der Waals surface area contributed by atoms with Crippen LogP contribution in [0.4, 0.5) is 17.1 Å². The molecule has 2 heteroatoms. The van der Waals surface area contributed by atoms with Gasteiger partial charge in [-0.1, -0.05) is 170 Å². The number of hydrogen-bond acceptors (Lipinski definition) is 1. The van der Waals surface area contributed by atoms with Gasteiger partial charge < -0.3 is 9.30 Å². The summed E-state index contributed by atoms with van der Waals surface area (Å²) in [7, 11) is 0. The molecule has 0 N–H and O–H groups in total. The molecule has 0 aliphatic rings. The molecule has 11 aromatic rings. The van der Waals surface area contributed by atoms with E-state index in [2.05, 4.69) is 228 Å². The molecule has 0 atom stereocenters. The van der Waals surface area contributed by atoms with E-state index in [0.29, 0.717) is 0 Å². The van der Waals surface area contributed by atoms with Gasteiger partial charge >= 0.3 is 0 Å². The van der Waals surface area contributed by atoms with Gasteiger partial charge in [0.25, 0.3) is 0 Å². The molecule has 2 nitrogen and oxygen atoms in total. The molecule has 0 saturated carbocycles. The average molecular weight is 713 g/mol. The average Bonchev–Trinajstić information content (AvgIpc) is 3.59. The van der Waals surface area contributed by atoms with Gasteiger partial charge in [-0.3, -0.25) is 0 Å². The van der Waals surface area contributed by atoms with Crippen LogP contribution < -0.4 is 4.90 Å². The van der Waals surface area contributed by atoms with Crippen molar-refractivity contribution in [1.82, 2.24) is 4.40 Å². The lowest BCUT2D eigenvalue weighted by molar-refractivity contribution is 1.26. The van der Waals surface area contributed by atoms with Crippen molar-refractivity contribution < 1.29 is 0 Å². The second-order valence-electron chi connectivity index (χ2n) is 14.5. The van der Waals surface area contributed by atoms with Crippen LogP contribution in [0.2, 0.25) is 0 Å². The molecule has 0 aliphatic heterocycles. The minimum absolute atomic E-state index is 1.10. The van der Waals surface area contributed by atoms with Crippen LogP contribution in [0.25, 0.3) is 82.1 Å². The number of anilines is 3. The molecule has 2 aromatic heterocycles. The third-order valence-electron chi connectivity index (χ3n) is 11.4. The first kappa shape index (κ1) is 32.0. The summed E-state index contributed by atoms with van der Waals surface area (Å²) in [5.74, 6) is 0. The Labute approximate surface area is 325 Å². The molecule has 0 unspecified atom stereocenters. The Bertz CT molecular complexity index is 3100. The number of rotatable bonds is 6. The monoisotopic (exact) mass is 712 g/mol. The van der Waals surface area contributed by atoms with E-state index in [1.54, 1.807) is 0 Å². The molecule has 56 heavy (non-hydrogen) atoms. The fraction of sp³-hybridized carbons (Fsp3) is 0. The van der Waals surface area contributed by atoms with E-state index < -0.39 is 0 Å². The number of hydrogen-bond donors (Lipinski definition) is 0. The third-order valence-corrected chi connectivity index (χ3v) is 11.4. The van der Waals surface area contributed by atoms with Gasteiger partial charge in [-0.15, -0.1) is 0 Å². The summed E-state index contributed by atoms with van der Waals surface area (Å²) >= 11 is 0. The highest BCUT2D eigenvalue weighted by Crippen LogP contribution is 2.43. The van der Waals surface area contributed by atoms with Crippen molar-refractivity contribution >= 4 is 65.8 Å². The summed E-state index contributed by atoms with van der Waals surface area (Å²) in [6.07, 6.45) is 2.34. The summed E-state index contributed by atoms with van der Waals surface area (Å²) in [6, 6.07) is 77.1. The van der Waals surface area contributed by atoms with E-state index in [4.69, 9.17) is 0 Å². The van der Waals surface area contributed by atoms with Crippen LogP contribution in [-0.4, -0.2) is 4.40 Å². The third kappa shape index (κ3) is 5.26. The molecule has 11 rings (SSSR count). The fourth-order valence-electron chi connectivity index (χ4n) is 8.74. The molecule has 0 saturated heterocycles. The van der Waals surface area contributed by atoms with E-state index in [1.165, 1.54) is 82.1 Å². The highest BCUT2D eigenvalue weighted by molar-refractivity contribution is 6.10. The molecule has 2 heterocycles. The van der Waals surface area contributed by atoms with Crippen LogP contribution in [0.5, 0.6) is 0 Å². The van der Waals surface area contributed by atoms with E-state index in [0.717, 1.165) is 17.1 Å². The first-order chi connectivity index (χ1) is 27.8. The van der Waals surface area contributed by atoms with Gasteiger partial charge in [0.05, 0.1) is 16.7 Å². The predicted octanol–water partition coefficient (Wildman–Crippen LogP) is 15.0. The smallest absolute Gasteiger partial charge is 0.0554 e. The Kier molecular flexibility index (Phi) is 7.53. The molecule has 262 valence electrons. The molecule has 0 bridgehead atoms. The lowest BCUT2D eigenvalue weighted by Crippen LogP contribution is -2.10. The van der Waals surface area contributed by atoms with Gasteiger partial charge in [0.1, 0.15) is 0 Å². The van der Waals surface area contributed by atoms with E-state index >= 15 is 0 Å². The Hall–Kier alpha value is -7.42. The number of para-hydroxylation sites is 1. The summed E-state index contributed by atoms with van der Waals surface area (Å²) in [5, 5.41) is 8.64. The number of pyridine rings is 1. The van der Waals surface area contributed by atoms with Gasteiger partial charge in [0, 0.05) is 33.9 Å². The van der Waals surface area contributed by atoms with E-state index in [-0.39, 0.29) is 0 Å². The van der Waals surface area contributed by atoms with Crippen LogP contribution in [0, 0.1) is 0 Å². The lowest BCUT2D eigenvalue weighted by Gasteiger charge is -2.27. The number of nitrogens with zero attached hydrogens (tertiary/aromatic N) is 2. The fourth-order valence-corrected chi connectivity index (χ4v) is 8.74. The number of fused-ring (bicyclic) bond motifs is 6. The maximum absolute atomic E-state index is 2.41. The standard InChI is InChI=1S/C54H36N2/c1-2-15-41(16-3-1)54-49-22-8-9-25-51(49)55-36-50-42(35-53(54)55)19-12-26-52(50)56(43-31-27-39(28-32-43)47-23-10-17-37-13-4-6-20-45(37)47)44-33-29-40(30-34-44)48-24-11-18-38-14-5-7-21-46(38)48/h1-36H. The normalized spacial score (nSPS) is 11.6. The minimum Gasteiger partial charge on any atom is -0.315 e. The van der Waals surface area contributed by atoms with Crippen molar-refractivity contribution in [1.29, 1.82) is 0 Å². The molecular formula is C54H36N2. The Morgan fingerprint density at radius 2 is 0.821 bits per heavy atom. The zero-order chi connectivity index (χ0) is 37.0. The first-order valence-electron chi connectivity index (χ1n) is 19.3. The number of benzene rings is 9. The van der Waals surface area contributed by atoms with Crippen LogP contribution in [-0.2, 0) is 0 Å². The van der Waals surface area contributed by atoms with Gasteiger partial charge in [0.15, 0.2) is 0 Å². The summed E-state index contributed by atoms with van der Waals surface area (Å²) in [4.78, 5) is 2.41. The topological polar surface area (TPSA) is 7.65 Å². The molecule has 0 fully saturated rings. The van der Waals surface area contributed by atoms with Crippen LogP contribution >= 0.6 is 0 Å². The zero-order valence-electron chi connectivity index (χ0n) is 30.7. The minimum atomic E-state index is 1.10. The molecule has 9 aromatic carbocycles. The molecule has 0 amide bonds. The molecular weight excluding hydrogens is 677 g/mol. The second kappa shape index (κ2) is 13.2. The summed E-state index contributed by atoms with van der Waals surface area (Å²) < 4.78 is 2.38. The van der Waals surface area contributed by atoms with Crippen molar-refractivity contribution in [3.63, 3.8) is 0 Å². The van der Waals surface area contributed by atoms with Crippen molar-refractivity contribution in [2.24, 2.45) is 0 Å². The second-order valence-corrected chi connectivity index (χ2v) is 14.5. The maximum Gasteiger partial charge on any atom is 0.0554 e. The first-order valence-corrected chi connectivity index (χ1v) is 19.3. The van der Waals surface area contributed by atoms with Crippen LogP contribution in [0.1, 0.15) is 0 Å². The van der Waals surface area contributed by atoms with Gasteiger partial charge in [-0.2, -0.15) is 0 Å². The van der Waals surface area contributed by atoms with Crippen LogP contribution in [0.15, 0.2) is 219 Å². The van der Waals surface area contributed by atoms with Gasteiger partial charge in [-0.25, -0.2) is 0 Å². The molecule has 0 radical (unpaired) electrons. The summed E-state index contributed by atoms with van der Waals surface area (Å²) in [5.41, 5.74) is 13.1. The quantitative estimate of drug-likeness (QED) is 0.167. The van der Waals surface area contributed by atoms with E-state index in [1.807, 2.05) is 0 Å². The molecule has 0 aliphatic carbocycles. The Morgan fingerprint density at radius 3 is 1.45 bits per heavy atom. The Balaban J connectivity index is 1.11. The highest BCUT2D eigenvalue weighted by Gasteiger charge is 2.20. The van der Waals surface area contributed by atoms with Crippen molar-refractivity contribution in [2.45, 2.75) is 0 Å². The largest absolute Gasteiger partial charge is 0.315 e. The SMILES string of the molecule is c1ccc(-c2c3ccccc3n3cc4c(N(c5ccc(-c6cccc7ccccc67)cc5)c5ccc(-c6cccc7ccccc67)cc5)cccc4cc23)cc1. The highest BCUT2D eigenvalue weighted by atomic mass is 15.1.